The molecule has 1 fully saturated rings. The molecule has 1 aliphatic rings. The maximum absolute atomic E-state index is 12.6. The second-order valence-electron chi connectivity index (χ2n) is 9.21. The van der Waals surface area contributed by atoms with Gasteiger partial charge in [-0.25, -0.2) is 4.79 Å². The lowest BCUT2D eigenvalue weighted by Crippen LogP contribution is -2.34. The molecule has 1 aliphatic carbocycles. The number of aromatic nitrogens is 4. The number of benzene rings is 2. The van der Waals surface area contributed by atoms with Crippen molar-refractivity contribution in [3.05, 3.63) is 70.1 Å². The predicted octanol–water partition coefficient (Wildman–Crippen LogP) is 4.36. The first kappa shape index (κ1) is 23.9. The number of unbranched alkanes of at least 4 members (excludes halogenated alkanes) is 1. The summed E-state index contributed by atoms with van der Waals surface area (Å²) >= 11 is 0. The van der Waals surface area contributed by atoms with E-state index in [1.165, 1.54) is 29.4 Å². The molecule has 36 heavy (non-hydrogen) atoms. The molecular formula is C27H32N6O3. The van der Waals surface area contributed by atoms with Crippen LogP contribution >= 0.6 is 0 Å². The van der Waals surface area contributed by atoms with Crippen LogP contribution in [-0.4, -0.2) is 32.2 Å². The number of nitrogens with one attached hydrogen (secondary N) is 2. The smallest absolute Gasteiger partial charge is 0.328 e. The second kappa shape index (κ2) is 10.8. The van der Waals surface area contributed by atoms with E-state index in [0.29, 0.717) is 30.4 Å². The quantitative estimate of drug-likeness (QED) is 0.268. The number of H-pyrrole nitrogens is 1. The van der Waals surface area contributed by atoms with E-state index in [0.717, 1.165) is 36.4 Å². The van der Waals surface area contributed by atoms with Crippen LogP contribution in [0.25, 0.3) is 11.2 Å². The lowest BCUT2D eigenvalue weighted by molar-refractivity contribution is 0.286. The van der Waals surface area contributed by atoms with Crippen molar-refractivity contribution in [3.63, 3.8) is 0 Å². The molecule has 1 saturated carbocycles. The molecule has 9 nitrogen and oxygen atoms in total. The Balaban J connectivity index is 1.24. The molecule has 2 aromatic carbocycles. The summed E-state index contributed by atoms with van der Waals surface area (Å²) < 4.78 is 13.1. The number of ether oxygens (including phenoxy) is 2. The predicted molar refractivity (Wildman–Crippen MR) is 140 cm³/mol. The van der Waals surface area contributed by atoms with E-state index in [1.807, 2.05) is 36.4 Å². The van der Waals surface area contributed by atoms with E-state index in [-0.39, 0.29) is 17.5 Å². The second-order valence-corrected chi connectivity index (χ2v) is 9.21. The zero-order valence-corrected chi connectivity index (χ0v) is 20.5. The molecule has 4 N–H and O–H groups in total. The molecule has 2 heterocycles. The lowest BCUT2D eigenvalue weighted by Gasteiger charge is -2.26. The molecule has 0 spiro atoms. The number of aromatic amines is 1. The highest BCUT2D eigenvalue weighted by Crippen LogP contribution is 2.24. The summed E-state index contributed by atoms with van der Waals surface area (Å²) in [5, 5.41) is 3.57. The first-order chi connectivity index (χ1) is 17.6. The van der Waals surface area contributed by atoms with Gasteiger partial charge in [-0.15, -0.1) is 0 Å². The molecule has 0 saturated heterocycles. The third-order valence-corrected chi connectivity index (χ3v) is 6.48. The van der Waals surface area contributed by atoms with Crippen LogP contribution in [0.2, 0.25) is 0 Å². The standard InChI is InChI=1S/C27H32N6O3/c1-2-3-15-35-26-31-24(28)23-25(32-26)33(27(34)30-23)17-19-9-13-22(14-10-19)36-21-11-7-18(8-12-21)16-29-20-5-4-6-20/h7-14,20,29H,2-6,15-17H2,1H3,(H,30,34)(H2,28,31,32). The number of anilines is 1. The van der Waals surface area contributed by atoms with Gasteiger partial charge in [0, 0.05) is 12.6 Å². The van der Waals surface area contributed by atoms with Crippen molar-refractivity contribution in [2.24, 2.45) is 0 Å². The molecule has 4 aromatic rings. The highest BCUT2D eigenvalue weighted by molar-refractivity contribution is 5.81. The molecule has 0 amide bonds. The first-order valence-corrected chi connectivity index (χ1v) is 12.6. The number of imidazole rings is 1. The van der Waals surface area contributed by atoms with E-state index < -0.39 is 0 Å². The number of hydrogen-bond acceptors (Lipinski definition) is 7. The summed E-state index contributed by atoms with van der Waals surface area (Å²) in [4.78, 5) is 24.0. The van der Waals surface area contributed by atoms with Crippen molar-refractivity contribution < 1.29 is 9.47 Å². The molecule has 0 atom stereocenters. The van der Waals surface area contributed by atoms with Crippen LogP contribution in [0.15, 0.2) is 53.3 Å². The Hall–Kier alpha value is -3.85. The van der Waals surface area contributed by atoms with Crippen molar-refractivity contribution in [3.8, 4) is 17.5 Å². The molecule has 5 rings (SSSR count). The fraction of sp³-hybridized carbons (Fsp3) is 0.370. The van der Waals surface area contributed by atoms with Gasteiger partial charge in [0.2, 0.25) is 0 Å². The van der Waals surface area contributed by atoms with Crippen LogP contribution in [0.5, 0.6) is 17.5 Å². The first-order valence-electron chi connectivity index (χ1n) is 12.6. The third-order valence-electron chi connectivity index (χ3n) is 6.48. The minimum Gasteiger partial charge on any atom is -0.463 e. The molecule has 0 aliphatic heterocycles. The summed E-state index contributed by atoms with van der Waals surface area (Å²) in [5.41, 5.74) is 8.75. The van der Waals surface area contributed by atoms with E-state index in [1.54, 1.807) is 0 Å². The van der Waals surface area contributed by atoms with Gasteiger partial charge in [0.25, 0.3) is 0 Å². The topological polar surface area (TPSA) is 120 Å². The summed E-state index contributed by atoms with van der Waals surface area (Å²) in [7, 11) is 0. The van der Waals surface area contributed by atoms with Gasteiger partial charge in [-0.2, -0.15) is 9.97 Å². The maximum atomic E-state index is 12.6. The number of nitrogens with zero attached hydrogens (tertiary/aromatic N) is 3. The van der Waals surface area contributed by atoms with Gasteiger partial charge in [-0.05, 0) is 54.7 Å². The van der Waals surface area contributed by atoms with Gasteiger partial charge < -0.3 is 25.5 Å². The zero-order chi connectivity index (χ0) is 24.9. The van der Waals surface area contributed by atoms with Crippen molar-refractivity contribution >= 4 is 17.0 Å². The lowest BCUT2D eigenvalue weighted by atomic mass is 9.93. The van der Waals surface area contributed by atoms with Crippen LogP contribution in [-0.2, 0) is 13.1 Å². The average molecular weight is 489 g/mol. The molecule has 0 radical (unpaired) electrons. The Morgan fingerprint density at radius 2 is 1.75 bits per heavy atom. The van der Waals surface area contributed by atoms with E-state index >= 15 is 0 Å². The molecule has 0 unspecified atom stereocenters. The van der Waals surface area contributed by atoms with E-state index in [2.05, 4.69) is 39.3 Å². The Morgan fingerprint density at radius 3 is 2.39 bits per heavy atom. The van der Waals surface area contributed by atoms with Crippen LogP contribution in [0.4, 0.5) is 5.82 Å². The minimum atomic E-state index is -0.302. The van der Waals surface area contributed by atoms with Gasteiger partial charge in [0.05, 0.1) is 13.2 Å². The molecule has 9 heteroatoms. The molecular weight excluding hydrogens is 456 g/mol. The highest BCUT2D eigenvalue weighted by atomic mass is 16.5. The van der Waals surface area contributed by atoms with Crippen LogP contribution in [0, 0.1) is 0 Å². The van der Waals surface area contributed by atoms with Crippen LogP contribution in [0.1, 0.15) is 50.2 Å². The fourth-order valence-electron chi connectivity index (χ4n) is 4.08. The average Bonchev–Trinajstić information content (AvgIpc) is 3.16. The van der Waals surface area contributed by atoms with Gasteiger partial charge in [-0.3, -0.25) is 4.57 Å². The zero-order valence-electron chi connectivity index (χ0n) is 20.5. The minimum absolute atomic E-state index is 0.176. The van der Waals surface area contributed by atoms with Gasteiger partial charge in [-0.1, -0.05) is 44.0 Å². The summed E-state index contributed by atoms with van der Waals surface area (Å²) in [6, 6.07) is 16.7. The van der Waals surface area contributed by atoms with E-state index in [4.69, 9.17) is 15.2 Å². The van der Waals surface area contributed by atoms with Crippen molar-refractivity contribution in [2.45, 2.75) is 58.2 Å². The summed E-state index contributed by atoms with van der Waals surface area (Å²) in [6.45, 7) is 3.78. The Bertz CT molecular complexity index is 1360. The van der Waals surface area contributed by atoms with Crippen LogP contribution in [0.3, 0.4) is 0 Å². The van der Waals surface area contributed by atoms with E-state index in [9.17, 15) is 4.79 Å². The SMILES string of the molecule is CCCCOc1nc(N)c2[nH]c(=O)n(Cc3ccc(Oc4ccc(CNC5CCC5)cc4)cc3)c2n1. The Kier molecular flexibility index (Phi) is 7.18. The highest BCUT2D eigenvalue weighted by Gasteiger charge is 2.16. The van der Waals surface area contributed by atoms with Gasteiger partial charge >= 0.3 is 11.7 Å². The number of rotatable bonds is 11. The number of nitrogen functional groups attached to an aromatic ring is 1. The Labute approximate surface area is 209 Å². The van der Waals surface area contributed by atoms with Gasteiger partial charge in [0.1, 0.15) is 17.0 Å². The molecule has 188 valence electrons. The number of nitrogens with two attached hydrogens (primary N) is 1. The number of fused-ring (bicyclic) bond motifs is 1. The Morgan fingerprint density at radius 1 is 1.06 bits per heavy atom. The maximum Gasteiger partial charge on any atom is 0.328 e. The fourth-order valence-corrected chi connectivity index (χ4v) is 4.08. The monoisotopic (exact) mass is 488 g/mol. The molecule has 2 aromatic heterocycles. The normalized spacial score (nSPS) is 13.6. The van der Waals surface area contributed by atoms with Crippen molar-refractivity contribution in [2.75, 3.05) is 12.3 Å². The molecule has 0 bridgehead atoms. The van der Waals surface area contributed by atoms with Crippen LogP contribution < -0.4 is 26.2 Å². The van der Waals surface area contributed by atoms with Crippen molar-refractivity contribution in [1.29, 1.82) is 0 Å². The summed E-state index contributed by atoms with van der Waals surface area (Å²) in [5.74, 6) is 1.70. The third kappa shape index (κ3) is 5.52. The largest absolute Gasteiger partial charge is 0.463 e. The number of hydrogen-bond donors (Lipinski definition) is 3. The van der Waals surface area contributed by atoms with Gasteiger partial charge in [0.15, 0.2) is 11.5 Å². The van der Waals surface area contributed by atoms with Crippen molar-refractivity contribution in [1.82, 2.24) is 24.8 Å². The summed E-state index contributed by atoms with van der Waals surface area (Å²) in [6.07, 6.45) is 5.78.